The Bertz CT molecular complexity index is 1640. The summed E-state index contributed by atoms with van der Waals surface area (Å²) in [6, 6.07) is 22.2. The van der Waals surface area contributed by atoms with E-state index in [-0.39, 0.29) is 5.11 Å². The van der Waals surface area contributed by atoms with Crippen LogP contribution >= 0.6 is 58.4 Å². The number of benzene rings is 3. The number of halogens is 3. The summed E-state index contributed by atoms with van der Waals surface area (Å²) in [5.74, 6) is 0.564. The van der Waals surface area contributed by atoms with E-state index in [2.05, 4.69) is 15.6 Å². The lowest BCUT2D eigenvalue weighted by Crippen LogP contribution is -2.32. The maximum Gasteiger partial charge on any atom is 0.250 e. The topological polar surface area (TPSA) is 67.2 Å². The van der Waals surface area contributed by atoms with Gasteiger partial charge in [0.1, 0.15) is 16.5 Å². The zero-order valence-corrected chi connectivity index (χ0v) is 22.7. The standard InChI is InChI=1S/C27H16Cl3N3O2S2/c28-18-11-8-15(26-31-20-6-1-2-7-23(20)37-26)14-21(18)32-27(36)33-24(34)13-10-16-9-12-22(35-16)17-4-3-5-19(29)25(17)30/h1-14H,(H2,32,33,34,36). The van der Waals surface area contributed by atoms with Gasteiger partial charge in [-0.3, -0.25) is 10.1 Å². The lowest BCUT2D eigenvalue weighted by atomic mass is 10.2. The molecule has 0 fully saturated rings. The van der Waals surface area contributed by atoms with Gasteiger partial charge in [0.15, 0.2) is 5.11 Å². The zero-order chi connectivity index (χ0) is 25.9. The van der Waals surface area contributed by atoms with Crippen LogP contribution in [0, 0.1) is 0 Å². The van der Waals surface area contributed by atoms with E-state index < -0.39 is 5.91 Å². The number of amides is 1. The molecule has 2 aromatic heterocycles. The Balaban J connectivity index is 1.24. The molecule has 5 aromatic rings. The van der Waals surface area contributed by atoms with Crippen LogP contribution in [-0.4, -0.2) is 16.0 Å². The molecule has 0 saturated heterocycles. The maximum absolute atomic E-state index is 12.4. The van der Waals surface area contributed by atoms with Gasteiger partial charge in [-0.2, -0.15) is 0 Å². The van der Waals surface area contributed by atoms with Gasteiger partial charge in [-0.1, -0.05) is 59.1 Å². The number of anilines is 1. The van der Waals surface area contributed by atoms with E-state index in [1.54, 1.807) is 47.7 Å². The highest BCUT2D eigenvalue weighted by molar-refractivity contribution is 7.80. The van der Waals surface area contributed by atoms with Gasteiger partial charge in [-0.15, -0.1) is 11.3 Å². The van der Waals surface area contributed by atoms with Crippen LogP contribution in [0.15, 0.2) is 83.3 Å². The highest BCUT2D eigenvalue weighted by Crippen LogP contribution is 2.35. The third kappa shape index (κ3) is 5.87. The Morgan fingerprint density at radius 2 is 1.81 bits per heavy atom. The smallest absolute Gasteiger partial charge is 0.250 e. The number of carbonyl (C=O) groups excluding carboxylic acids is 1. The molecule has 2 heterocycles. The van der Waals surface area contributed by atoms with Crippen LogP contribution in [0.25, 0.3) is 38.2 Å². The van der Waals surface area contributed by atoms with Crippen molar-refractivity contribution in [3.05, 3.63) is 99.7 Å². The normalized spacial score (nSPS) is 11.2. The van der Waals surface area contributed by atoms with Crippen LogP contribution in [0.3, 0.4) is 0 Å². The van der Waals surface area contributed by atoms with Crippen molar-refractivity contribution in [3.63, 3.8) is 0 Å². The number of thiocarbonyl (C=S) groups is 1. The van der Waals surface area contributed by atoms with Crippen molar-refractivity contribution in [2.45, 2.75) is 0 Å². The molecular weight excluding hydrogens is 569 g/mol. The number of para-hydroxylation sites is 1. The number of thiazole rings is 1. The number of rotatable bonds is 5. The van der Waals surface area contributed by atoms with E-state index in [1.807, 2.05) is 36.4 Å². The lowest BCUT2D eigenvalue weighted by molar-refractivity contribution is -0.115. The molecule has 10 heteroatoms. The molecule has 184 valence electrons. The number of fused-ring (bicyclic) bond motifs is 1. The first kappa shape index (κ1) is 25.4. The maximum atomic E-state index is 12.4. The number of aromatic nitrogens is 1. The number of hydrogen-bond acceptors (Lipinski definition) is 5. The van der Waals surface area contributed by atoms with Crippen LogP contribution in [0.1, 0.15) is 5.76 Å². The van der Waals surface area contributed by atoms with Crippen LogP contribution in [0.4, 0.5) is 5.69 Å². The van der Waals surface area contributed by atoms with Gasteiger partial charge in [0.25, 0.3) is 0 Å². The minimum atomic E-state index is -0.435. The van der Waals surface area contributed by atoms with E-state index in [4.69, 9.17) is 51.4 Å². The summed E-state index contributed by atoms with van der Waals surface area (Å²) < 4.78 is 6.86. The third-order valence-electron chi connectivity index (χ3n) is 5.23. The number of nitrogens with one attached hydrogen (secondary N) is 2. The molecule has 0 unspecified atom stereocenters. The lowest BCUT2D eigenvalue weighted by Gasteiger charge is -2.11. The first-order valence-electron chi connectivity index (χ1n) is 10.9. The van der Waals surface area contributed by atoms with Crippen molar-refractivity contribution >= 4 is 91.4 Å². The van der Waals surface area contributed by atoms with Gasteiger partial charge < -0.3 is 9.73 Å². The van der Waals surface area contributed by atoms with Crippen molar-refractivity contribution < 1.29 is 9.21 Å². The van der Waals surface area contributed by atoms with Gasteiger partial charge in [0.05, 0.1) is 31.0 Å². The molecule has 3 aromatic carbocycles. The van der Waals surface area contributed by atoms with E-state index in [1.165, 1.54) is 12.2 Å². The second-order valence-electron chi connectivity index (χ2n) is 7.76. The van der Waals surface area contributed by atoms with Gasteiger partial charge >= 0.3 is 0 Å². The molecule has 0 bridgehead atoms. The number of furan rings is 1. The highest BCUT2D eigenvalue weighted by atomic mass is 35.5. The molecule has 37 heavy (non-hydrogen) atoms. The fraction of sp³-hybridized carbons (Fsp3) is 0. The van der Waals surface area contributed by atoms with E-state index in [9.17, 15) is 4.79 Å². The quantitative estimate of drug-likeness (QED) is 0.160. The molecule has 0 spiro atoms. The third-order valence-corrected chi connectivity index (χ3v) is 7.67. The summed E-state index contributed by atoms with van der Waals surface area (Å²) in [4.78, 5) is 17.1. The van der Waals surface area contributed by atoms with Gasteiger partial charge in [-0.05, 0) is 66.8 Å². The summed E-state index contributed by atoms with van der Waals surface area (Å²) >= 11 is 25.6. The van der Waals surface area contributed by atoms with Crippen molar-refractivity contribution in [2.24, 2.45) is 0 Å². The van der Waals surface area contributed by atoms with E-state index in [0.29, 0.717) is 37.8 Å². The SMILES string of the molecule is O=C(C=Cc1ccc(-c2cccc(Cl)c2Cl)o1)NC(=S)Nc1cc(-c2nc3ccccc3s2)ccc1Cl. The predicted octanol–water partition coefficient (Wildman–Crippen LogP) is 8.71. The Morgan fingerprint density at radius 1 is 0.973 bits per heavy atom. The summed E-state index contributed by atoms with van der Waals surface area (Å²) in [5.41, 5.74) is 3.03. The van der Waals surface area contributed by atoms with Gasteiger partial charge in [0.2, 0.25) is 5.91 Å². The van der Waals surface area contributed by atoms with Crippen LogP contribution in [0.5, 0.6) is 0 Å². The monoisotopic (exact) mass is 583 g/mol. The summed E-state index contributed by atoms with van der Waals surface area (Å²) in [6.07, 6.45) is 2.84. The fourth-order valence-electron chi connectivity index (χ4n) is 3.50. The van der Waals surface area contributed by atoms with Gasteiger partial charge in [0, 0.05) is 17.2 Å². The van der Waals surface area contributed by atoms with E-state index in [0.717, 1.165) is 20.8 Å². The first-order valence-corrected chi connectivity index (χ1v) is 13.2. The highest BCUT2D eigenvalue weighted by Gasteiger charge is 2.12. The molecule has 0 saturated carbocycles. The van der Waals surface area contributed by atoms with Crippen molar-refractivity contribution in [1.82, 2.24) is 10.3 Å². The Morgan fingerprint density at radius 3 is 2.65 bits per heavy atom. The minimum Gasteiger partial charge on any atom is -0.457 e. The average Bonchev–Trinajstić information content (AvgIpc) is 3.53. The molecule has 0 aliphatic heterocycles. The van der Waals surface area contributed by atoms with Crippen LogP contribution in [0.2, 0.25) is 15.1 Å². The molecule has 0 aliphatic rings. The predicted molar refractivity (Wildman–Crippen MR) is 158 cm³/mol. The molecule has 2 N–H and O–H groups in total. The number of carbonyl (C=O) groups is 1. The second-order valence-corrected chi connectivity index (χ2v) is 10.4. The minimum absolute atomic E-state index is 0.101. The largest absolute Gasteiger partial charge is 0.457 e. The molecule has 5 nitrogen and oxygen atoms in total. The molecule has 0 atom stereocenters. The molecule has 0 aliphatic carbocycles. The molecule has 1 amide bonds. The summed E-state index contributed by atoms with van der Waals surface area (Å²) in [6.45, 7) is 0. The fourth-order valence-corrected chi connectivity index (χ4v) is 5.23. The van der Waals surface area contributed by atoms with Crippen molar-refractivity contribution in [1.29, 1.82) is 0 Å². The summed E-state index contributed by atoms with van der Waals surface area (Å²) in [5, 5.41) is 7.83. The number of hydrogen-bond donors (Lipinski definition) is 2. The molecule has 5 rings (SSSR count). The number of nitrogens with zero attached hydrogens (tertiary/aromatic N) is 1. The molecular formula is C27H16Cl3N3O2S2. The first-order chi connectivity index (χ1) is 17.9. The van der Waals surface area contributed by atoms with Crippen molar-refractivity contribution in [2.75, 3.05) is 5.32 Å². The Hall–Kier alpha value is -3.20. The summed E-state index contributed by atoms with van der Waals surface area (Å²) in [7, 11) is 0. The zero-order valence-electron chi connectivity index (χ0n) is 18.8. The van der Waals surface area contributed by atoms with E-state index >= 15 is 0 Å². The van der Waals surface area contributed by atoms with Gasteiger partial charge in [-0.25, -0.2) is 4.98 Å². The van der Waals surface area contributed by atoms with Crippen LogP contribution in [-0.2, 0) is 4.79 Å². The second kappa shape index (κ2) is 11.0. The average molecular weight is 585 g/mol. The Labute approximate surface area is 236 Å². The molecule has 0 radical (unpaired) electrons. The van der Waals surface area contributed by atoms with Crippen molar-refractivity contribution in [3.8, 4) is 21.9 Å². The van der Waals surface area contributed by atoms with Crippen LogP contribution < -0.4 is 10.6 Å². The Kier molecular flexibility index (Phi) is 7.60.